The van der Waals surface area contributed by atoms with E-state index in [-0.39, 0.29) is 36.0 Å². The van der Waals surface area contributed by atoms with Crippen LogP contribution in [0.3, 0.4) is 0 Å². The third-order valence-corrected chi connectivity index (χ3v) is 5.23. The van der Waals surface area contributed by atoms with Gasteiger partial charge in [-0.2, -0.15) is 0 Å². The summed E-state index contributed by atoms with van der Waals surface area (Å²) in [6, 6.07) is 0. The van der Waals surface area contributed by atoms with Gasteiger partial charge >= 0.3 is 29.6 Å². The molecule has 0 saturated carbocycles. The first-order valence-electron chi connectivity index (χ1n) is 8.50. The summed E-state index contributed by atoms with van der Waals surface area (Å²) in [5.41, 5.74) is 0. The van der Waals surface area contributed by atoms with Crippen molar-refractivity contribution in [3.05, 3.63) is 0 Å². The molecule has 1 N–H and O–H groups in total. The molecule has 0 saturated heterocycles. The first-order chi connectivity index (χ1) is 9.88. The molecule has 0 rings (SSSR count). The van der Waals surface area contributed by atoms with E-state index in [0.717, 1.165) is 19.3 Å². The first-order valence-corrected chi connectivity index (χ1v) is 9.97. The maximum atomic E-state index is 11.2. The van der Waals surface area contributed by atoms with Crippen LogP contribution in [0.15, 0.2) is 0 Å². The normalized spacial score (nSPS) is 14.4. The van der Waals surface area contributed by atoms with Gasteiger partial charge in [0.05, 0.1) is 16.2 Å². The number of hydrogen-bond acceptors (Lipinski definition) is 4. The molecule has 6 heteroatoms. The van der Waals surface area contributed by atoms with Crippen molar-refractivity contribution in [3.8, 4) is 0 Å². The van der Waals surface area contributed by atoms with Crippen LogP contribution in [0, 0.1) is 0 Å². The van der Waals surface area contributed by atoms with E-state index in [4.69, 9.17) is 0 Å². The molecule has 0 aromatic carbocycles. The Bertz CT molecular complexity index is 331. The van der Waals surface area contributed by atoms with Gasteiger partial charge in [-0.1, -0.05) is 64.7 Å². The summed E-state index contributed by atoms with van der Waals surface area (Å²) in [5, 5.41) is 8.38. The third-order valence-electron chi connectivity index (χ3n) is 3.94. The van der Waals surface area contributed by atoms with Crippen LogP contribution >= 0.6 is 0 Å². The predicted octanol–water partition coefficient (Wildman–Crippen LogP) is 0.986. The molecule has 0 aliphatic carbocycles. The van der Waals surface area contributed by atoms with Gasteiger partial charge in [0.1, 0.15) is 0 Å². The van der Waals surface area contributed by atoms with E-state index in [1.165, 1.54) is 38.5 Å². The molecular weight excluding hydrogens is 311 g/mol. The summed E-state index contributed by atoms with van der Waals surface area (Å²) < 4.78 is 33.5. The quantitative estimate of drug-likeness (QED) is 0.290. The van der Waals surface area contributed by atoms with Gasteiger partial charge in [0, 0.05) is 5.25 Å². The molecule has 0 aromatic heterocycles. The third kappa shape index (κ3) is 15.8. The maximum Gasteiger partial charge on any atom is 1.00 e. The minimum atomic E-state index is -4.23. The van der Waals surface area contributed by atoms with Crippen molar-refractivity contribution in [3.63, 3.8) is 0 Å². The van der Waals surface area contributed by atoms with E-state index in [2.05, 4.69) is 6.92 Å². The fourth-order valence-electron chi connectivity index (χ4n) is 2.54. The second-order valence-corrected chi connectivity index (χ2v) is 7.81. The zero-order chi connectivity index (χ0) is 16.1. The summed E-state index contributed by atoms with van der Waals surface area (Å²) in [5.74, 6) is 0. The number of rotatable bonds is 14. The molecule has 0 bridgehead atoms. The average molecular weight is 344 g/mol. The summed E-state index contributed by atoms with van der Waals surface area (Å²) >= 11 is 0. The van der Waals surface area contributed by atoms with E-state index >= 15 is 0 Å². The van der Waals surface area contributed by atoms with Gasteiger partial charge in [-0.05, 0) is 26.2 Å². The maximum absolute atomic E-state index is 11.2. The molecular formula is C16H33NaO4S. The van der Waals surface area contributed by atoms with Crippen molar-refractivity contribution < 1.29 is 47.6 Å². The van der Waals surface area contributed by atoms with Crippen LogP contribution in [0.4, 0.5) is 0 Å². The van der Waals surface area contributed by atoms with Gasteiger partial charge in [-0.3, -0.25) is 0 Å². The van der Waals surface area contributed by atoms with Crippen molar-refractivity contribution in [2.45, 2.75) is 102 Å². The summed E-state index contributed by atoms with van der Waals surface area (Å²) in [4.78, 5) is 0. The summed E-state index contributed by atoms with van der Waals surface area (Å²) in [7, 11) is -4.23. The largest absolute Gasteiger partial charge is 1.00 e. The van der Waals surface area contributed by atoms with Gasteiger partial charge in [-0.15, -0.1) is 0 Å². The van der Waals surface area contributed by atoms with Crippen LogP contribution in [0.5, 0.6) is 0 Å². The minimum Gasteiger partial charge on any atom is -0.748 e. The minimum absolute atomic E-state index is 0. The summed E-state index contributed by atoms with van der Waals surface area (Å²) in [6.07, 6.45) is 11.1. The van der Waals surface area contributed by atoms with Gasteiger partial charge in [-0.25, -0.2) is 8.42 Å². The Labute approximate surface area is 159 Å². The number of hydrogen-bond donors (Lipinski definition) is 1. The van der Waals surface area contributed by atoms with E-state index in [9.17, 15) is 18.1 Å². The van der Waals surface area contributed by atoms with E-state index in [0.29, 0.717) is 12.8 Å². The van der Waals surface area contributed by atoms with Gasteiger partial charge in [0.15, 0.2) is 0 Å². The molecule has 0 aliphatic rings. The summed E-state index contributed by atoms with van der Waals surface area (Å²) in [6.45, 7) is 3.82. The Morgan fingerprint density at radius 1 is 0.864 bits per heavy atom. The average Bonchev–Trinajstić information content (AvgIpc) is 2.38. The van der Waals surface area contributed by atoms with Crippen LogP contribution in [-0.4, -0.2) is 29.4 Å². The molecule has 4 nitrogen and oxygen atoms in total. The Hall–Kier alpha value is 0.870. The molecule has 0 radical (unpaired) electrons. The topological polar surface area (TPSA) is 77.4 Å². The van der Waals surface area contributed by atoms with Gasteiger partial charge < -0.3 is 9.66 Å². The fraction of sp³-hybridized carbons (Fsp3) is 1.00. The first kappa shape index (κ1) is 25.1. The standard InChI is InChI=1S/C16H34O4S.Na/c1-3-4-5-6-7-8-9-10-11-12-16(21(18,19)20)14-13-15(2)17;/h15-17H,3-14H2,1-2H3,(H,18,19,20);/q;+1/p-1. The van der Waals surface area contributed by atoms with Gasteiger partial charge in [0.25, 0.3) is 0 Å². The van der Waals surface area contributed by atoms with E-state index in [1.54, 1.807) is 6.92 Å². The number of aliphatic hydroxyl groups excluding tert-OH is 1. The van der Waals surface area contributed by atoms with Crippen molar-refractivity contribution >= 4 is 10.1 Å². The molecule has 0 fully saturated rings. The Kier molecular flexibility index (Phi) is 17.6. The number of unbranched alkanes of at least 4 members (excludes halogenated alkanes) is 8. The molecule has 0 aliphatic heterocycles. The molecule has 0 spiro atoms. The molecule has 22 heavy (non-hydrogen) atoms. The van der Waals surface area contributed by atoms with E-state index in [1.807, 2.05) is 0 Å². The molecule has 2 atom stereocenters. The molecule has 0 amide bonds. The smallest absolute Gasteiger partial charge is 0.748 e. The van der Waals surface area contributed by atoms with Crippen LogP contribution in [0.25, 0.3) is 0 Å². The zero-order valence-electron chi connectivity index (χ0n) is 14.7. The Morgan fingerprint density at radius 3 is 1.73 bits per heavy atom. The molecule has 0 heterocycles. The molecule has 2 unspecified atom stereocenters. The van der Waals surface area contributed by atoms with Crippen molar-refractivity contribution in [2.24, 2.45) is 0 Å². The van der Waals surface area contributed by atoms with Crippen molar-refractivity contribution in [2.75, 3.05) is 0 Å². The predicted molar refractivity (Wildman–Crippen MR) is 86.2 cm³/mol. The zero-order valence-corrected chi connectivity index (χ0v) is 17.5. The van der Waals surface area contributed by atoms with E-state index < -0.39 is 21.5 Å². The van der Waals surface area contributed by atoms with Crippen molar-refractivity contribution in [1.82, 2.24) is 0 Å². The van der Waals surface area contributed by atoms with Gasteiger partial charge in [0.2, 0.25) is 0 Å². The SMILES string of the molecule is CCCCCCCCCCCC(CCC(C)O)S(=O)(=O)[O-].[Na+]. The molecule has 128 valence electrons. The Morgan fingerprint density at radius 2 is 1.32 bits per heavy atom. The Balaban J connectivity index is 0. The number of aliphatic hydroxyl groups is 1. The van der Waals surface area contributed by atoms with Crippen molar-refractivity contribution in [1.29, 1.82) is 0 Å². The second-order valence-electron chi connectivity index (χ2n) is 6.16. The van der Waals surface area contributed by atoms with Crippen LogP contribution in [0.1, 0.15) is 90.9 Å². The molecule has 0 aromatic rings. The van der Waals surface area contributed by atoms with Crippen LogP contribution < -0.4 is 29.6 Å². The second kappa shape index (κ2) is 15.4. The fourth-order valence-corrected chi connectivity index (χ4v) is 3.42. The monoisotopic (exact) mass is 344 g/mol. The van der Waals surface area contributed by atoms with Crippen LogP contribution in [0.2, 0.25) is 0 Å². The van der Waals surface area contributed by atoms with Crippen LogP contribution in [-0.2, 0) is 10.1 Å².